The molecule has 0 aliphatic heterocycles. The van der Waals surface area contributed by atoms with E-state index in [0.717, 1.165) is 16.5 Å². The zero-order chi connectivity index (χ0) is 12.0. The van der Waals surface area contributed by atoms with Crippen LogP contribution in [0.2, 0.25) is 0 Å². The van der Waals surface area contributed by atoms with Gasteiger partial charge in [-0.1, -0.05) is 0 Å². The SMILES string of the molecule is COC(=O)c1cc2oc3ccncc3c2n1C. The van der Waals surface area contributed by atoms with Crippen LogP contribution in [-0.4, -0.2) is 22.6 Å². The van der Waals surface area contributed by atoms with Crippen molar-refractivity contribution < 1.29 is 13.9 Å². The Morgan fingerprint density at radius 3 is 3.06 bits per heavy atom. The standard InChI is InChI=1S/C12H10N2O3/c1-14-8(12(15)16-2)5-10-11(14)7-6-13-4-3-9(7)17-10/h3-6H,1-2H3. The highest BCUT2D eigenvalue weighted by atomic mass is 16.5. The van der Waals surface area contributed by atoms with Gasteiger partial charge >= 0.3 is 5.97 Å². The van der Waals surface area contributed by atoms with Gasteiger partial charge in [-0.05, 0) is 6.07 Å². The summed E-state index contributed by atoms with van der Waals surface area (Å²) in [7, 11) is 3.16. The van der Waals surface area contributed by atoms with Gasteiger partial charge in [-0.15, -0.1) is 0 Å². The third kappa shape index (κ3) is 1.25. The number of methoxy groups -OCH3 is 1. The fraction of sp³-hybridized carbons (Fsp3) is 0.167. The molecule has 0 spiro atoms. The molecule has 3 heterocycles. The van der Waals surface area contributed by atoms with Gasteiger partial charge in [0.15, 0.2) is 5.58 Å². The summed E-state index contributed by atoms with van der Waals surface area (Å²) in [4.78, 5) is 15.6. The predicted octanol–water partition coefficient (Wildman–Crippen LogP) is 2.11. The number of pyridine rings is 1. The van der Waals surface area contributed by atoms with Crippen molar-refractivity contribution in [2.75, 3.05) is 7.11 Å². The Kier molecular flexibility index (Phi) is 1.95. The fourth-order valence-electron chi connectivity index (χ4n) is 2.03. The van der Waals surface area contributed by atoms with Gasteiger partial charge in [0.05, 0.1) is 18.0 Å². The maximum absolute atomic E-state index is 11.5. The molecule has 86 valence electrons. The number of rotatable bonds is 1. The molecule has 3 aromatic heterocycles. The molecule has 0 aliphatic rings. The molecule has 3 rings (SSSR count). The van der Waals surface area contributed by atoms with Crippen LogP contribution in [0.25, 0.3) is 22.1 Å². The molecule has 0 amide bonds. The van der Waals surface area contributed by atoms with E-state index in [4.69, 9.17) is 9.15 Å². The molecule has 0 fully saturated rings. The van der Waals surface area contributed by atoms with E-state index >= 15 is 0 Å². The molecule has 17 heavy (non-hydrogen) atoms. The summed E-state index contributed by atoms with van der Waals surface area (Å²) in [5, 5.41) is 0.889. The summed E-state index contributed by atoms with van der Waals surface area (Å²) in [6.45, 7) is 0. The summed E-state index contributed by atoms with van der Waals surface area (Å²) in [6, 6.07) is 3.48. The van der Waals surface area contributed by atoms with E-state index < -0.39 is 0 Å². The van der Waals surface area contributed by atoms with Crippen LogP contribution in [-0.2, 0) is 11.8 Å². The van der Waals surface area contributed by atoms with Gasteiger partial charge in [-0.2, -0.15) is 0 Å². The van der Waals surface area contributed by atoms with Crippen molar-refractivity contribution >= 4 is 28.0 Å². The molecule has 0 N–H and O–H groups in total. The molecular formula is C12H10N2O3. The highest BCUT2D eigenvalue weighted by molar-refractivity contribution is 6.06. The number of esters is 1. The van der Waals surface area contributed by atoms with E-state index in [1.165, 1.54) is 7.11 Å². The van der Waals surface area contributed by atoms with Gasteiger partial charge in [-0.3, -0.25) is 4.98 Å². The third-order valence-electron chi connectivity index (χ3n) is 2.85. The maximum atomic E-state index is 11.5. The van der Waals surface area contributed by atoms with Gasteiger partial charge < -0.3 is 13.7 Å². The van der Waals surface area contributed by atoms with E-state index in [1.807, 2.05) is 0 Å². The average molecular weight is 230 g/mol. The van der Waals surface area contributed by atoms with Crippen molar-refractivity contribution in [2.24, 2.45) is 7.05 Å². The van der Waals surface area contributed by atoms with Crippen LogP contribution in [0.5, 0.6) is 0 Å². The van der Waals surface area contributed by atoms with Crippen molar-refractivity contribution in [3.8, 4) is 0 Å². The fourth-order valence-corrected chi connectivity index (χ4v) is 2.03. The van der Waals surface area contributed by atoms with Crippen molar-refractivity contribution in [3.05, 3.63) is 30.2 Å². The van der Waals surface area contributed by atoms with Crippen molar-refractivity contribution in [2.45, 2.75) is 0 Å². The molecule has 0 aliphatic carbocycles. The van der Waals surface area contributed by atoms with Crippen LogP contribution in [0.1, 0.15) is 10.5 Å². The van der Waals surface area contributed by atoms with Gasteiger partial charge in [-0.25, -0.2) is 4.79 Å². The zero-order valence-corrected chi connectivity index (χ0v) is 9.43. The molecule has 0 aromatic carbocycles. The smallest absolute Gasteiger partial charge is 0.354 e. The molecule has 0 saturated heterocycles. The first-order valence-corrected chi connectivity index (χ1v) is 5.12. The van der Waals surface area contributed by atoms with Gasteiger partial charge in [0.25, 0.3) is 0 Å². The Hall–Kier alpha value is -2.30. The largest absolute Gasteiger partial charge is 0.464 e. The Labute approximate surface area is 96.6 Å². The molecule has 0 atom stereocenters. The monoisotopic (exact) mass is 230 g/mol. The molecule has 3 aromatic rings. The quantitative estimate of drug-likeness (QED) is 0.601. The minimum Gasteiger partial charge on any atom is -0.464 e. The van der Waals surface area contributed by atoms with Crippen LogP contribution in [0, 0.1) is 0 Å². The Balaban J connectivity index is 2.39. The van der Waals surface area contributed by atoms with E-state index in [-0.39, 0.29) is 5.97 Å². The first kappa shape index (κ1) is 9.89. The van der Waals surface area contributed by atoms with Crippen LogP contribution >= 0.6 is 0 Å². The minimum atomic E-state index is -0.379. The number of carbonyl (C=O) groups is 1. The van der Waals surface area contributed by atoms with Crippen molar-refractivity contribution in [3.63, 3.8) is 0 Å². The zero-order valence-electron chi connectivity index (χ0n) is 9.43. The number of ether oxygens (including phenoxy) is 1. The number of aryl methyl sites for hydroxylation is 1. The van der Waals surface area contributed by atoms with Gasteiger partial charge in [0.1, 0.15) is 11.3 Å². The highest BCUT2D eigenvalue weighted by Crippen LogP contribution is 2.30. The van der Waals surface area contributed by atoms with Crippen LogP contribution in [0.3, 0.4) is 0 Å². The van der Waals surface area contributed by atoms with E-state index in [1.54, 1.807) is 36.1 Å². The number of furan rings is 1. The molecule has 0 bridgehead atoms. The van der Waals surface area contributed by atoms with Crippen LogP contribution < -0.4 is 0 Å². The molecule has 5 heteroatoms. The molecule has 0 unspecified atom stereocenters. The Morgan fingerprint density at radius 1 is 1.47 bits per heavy atom. The van der Waals surface area contributed by atoms with E-state index in [9.17, 15) is 4.79 Å². The highest BCUT2D eigenvalue weighted by Gasteiger charge is 2.18. The first-order chi connectivity index (χ1) is 8.22. The van der Waals surface area contributed by atoms with Gasteiger partial charge in [0, 0.05) is 25.5 Å². The van der Waals surface area contributed by atoms with E-state index in [2.05, 4.69) is 4.98 Å². The predicted molar refractivity (Wildman–Crippen MR) is 61.8 cm³/mol. The summed E-state index contributed by atoms with van der Waals surface area (Å²) in [5.74, 6) is -0.379. The third-order valence-corrected chi connectivity index (χ3v) is 2.85. The van der Waals surface area contributed by atoms with Crippen LogP contribution in [0.4, 0.5) is 0 Å². The van der Waals surface area contributed by atoms with Gasteiger partial charge in [0.2, 0.25) is 0 Å². The molecule has 0 radical (unpaired) electrons. The lowest BCUT2D eigenvalue weighted by molar-refractivity contribution is 0.0590. The van der Waals surface area contributed by atoms with Crippen molar-refractivity contribution in [1.82, 2.24) is 9.55 Å². The normalized spacial score (nSPS) is 11.2. The van der Waals surface area contributed by atoms with Crippen LogP contribution in [0.15, 0.2) is 28.9 Å². The second-order valence-corrected chi connectivity index (χ2v) is 3.77. The number of nitrogens with zero attached hydrogens (tertiary/aromatic N) is 2. The second kappa shape index (κ2) is 3.35. The van der Waals surface area contributed by atoms with Crippen molar-refractivity contribution in [1.29, 1.82) is 0 Å². The summed E-state index contributed by atoms with van der Waals surface area (Å²) in [5.41, 5.74) is 2.74. The number of aromatic nitrogens is 2. The first-order valence-electron chi connectivity index (χ1n) is 5.12. The molecule has 0 saturated carbocycles. The second-order valence-electron chi connectivity index (χ2n) is 3.77. The number of carbonyl (C=O) groups excluding carboxylic acids is 1. The maximum Gasteiger partial charge on any atom is 0.354 e. The average Bonchev–Trinajstić information content (AvgIpc) is 2.85. The summed E-state index contributed by atoms with van der Waals surface area (Å²) < 4.78 is 12.1. The topological polar surface area (TPSA) is 57.3 Å². The lowest BCUT2D eigenvalue weighted by Crippen LogP contribution is -2.07. The molecular weight excluding hydrogens is 220 g/mol. The number of hydrogen-bond acceptors (Lipinski definition) is 4. The lowest BCUT2D eigenvalue weighted by atomic mass is 10.3. The lowest BCUT2D eigenvalue weighted by Gasteiger charge is -2.00. The molecule has 5 nitrogen and oxygen atoms in total. The number of fused-ring (bicyclic) bond motifs is 3. The van der Waals surface area contributed by atoms with E-state index in [0.29, 0.717) is 11.3 Å². The Morgan fingerprint density at radius 2 is 2.29 bits per heavy atom. The summed E-state index contributed by atoms with van der Waals surface area (Å²) >= 11 is 0. The minimum absolute atomic E-state index is 0.379. The number of hydrogen-bond donors (Lipinski definition) is 0. The Bertz CT molecular complexity index is 724. The summed E-state index contributed by atoms with van der Waals surface area (Å²) in [6.07, 6.45) is 3.40.